The molecule has 20 N–H and O–H groups in total. The highest BCUT2D eigenvalue weighted by Gasteiger charge is 2.52. The minimum Gasteiger partial charge on any atom is -0.383 e. The zero-order chi connectivity index (χ0) is 106. The molecule has 0 amide bonds. The summed E-state index contributed by atoms with van der Waals surface area (Å²) in [4.78, 5) is 246. The Bertz CT molecular complexity index is 7670. The van der Waals surface area contributed by atoms with Crippen molar-refractivity contribution in [3.05, 3.63) is 166 Å². The average Bonchev–Trinajstić information content (AvgIpc) is 1.62. The Balaban J connectivity index is 0.579. The molecule has 7 aliphatic heterocycles. The summed E-state index contributed by atoms with van der Waals surface area (Å²) < 4.78 is 136. The van der Waals surface area contributed by atoms with Gasteiger partial charge in [-0.1, -0.05) is 6.92 Å². The van der Waals surface area contributed by atoms with Gasteiger partial charge in [0.25, 0.3) is 27.8 Å². The molecule has 7 aliphatic rings. The second-order valence-corrected chi connectivity index (χ2v) is 53.9. The van der Waals surface area contributed by atoms with Gasteiger partial charge in [-0.15, -0.1) is 0 Å². The van der Waals surface area contributed by atoms with Crippen LogP contribution in [-0.2, 0) is 179 Å². The first kappa shape index (κ1) is 111. The predicted molar refractivity (Wildman–Crippen MR) is 533 cm³/mol. The highest BCUT2D eigenvalue weighted by molar-refractivity contribution is 8.09. The summed E-state index contributed by atoms with van der Waals surface area (Å²) in [6.45, 7) is -28.9. The number of aromatic nitrogens is 20. The number of nitrogens with two attached hydrogens (primary N) is 4. The Morgan fingerprint density at radius 2 is 0.599 bits per heavy atom. The van der Waals surface area contributed by atoms with Gasteiger partial charge in [0.1, 0.15) is 97.9 Å². The van der Waals surface area contributed by atoms with E-state index in [2.05, 4.69) is 64.8 Å². The molecule has 17 heterocycles. The first-order valence-electron chi connectivity index (χ1n) is 44.0. The van der Waals surface area contributed by atoms with Crippen molar-refractivity contribution in [3.8, 4) is 0 Å². The molecule has 10 aromatic heterocycles. The number of hydrogen-bond donors (Lipinski definition) is 16. The van der Waals surface area contributed by atoms with E-state index in [0.29, 0.717) is 23.1 Å². The molecule has 0 spiro atoms. The second-order valence-electron chi connectivity index (χ2n) is 34.3. The number of nitrogen functional groups attached to an aromatic ring is 4. The van der Waals surface area contributed by atoms with Crippen molar-refractivity contribution in [1.82, 2.24) is 96.8 Å². The molecule has 0 aromatic carbocycles. The van der Waals surface area contributed by atoms with Crippen molar-refractivity contribution in [2.24, 2.45) is 0 Å². The Kier molecular flexibility index (Phi) is 33.5. The Hall–Kier alpha value is -7.20. The Morgan fingerprint density at radius 3 is 0.905 bits per heavy atom. The van der Waals surface area contributed by atoms with Gasteiger partial charge in [0, 0.05) is 99.1 Å². The van der Waals surface area contributed by atoms with E-state index in [-0.39, 0.29) is 94.7 Å². The van der Waals surface area contributed by atoms with E-state index < -0.39 is 279 Å². The highest BCUT2D eigenvalue weighted by Crippen LogP contribution is 2.59. The largest absolute Gasteiger partial charge is 0.383 e. The number of H-pyrrole nitrogens is 5. The molecule has 61 nitrogen and oxygen atoms in total. The van der Waals surface area contributed by atoms with E-state index >= 15 is 0 Å². The van der Waals surface area contributed by atoms with Crippen molar-refractivity contribution in [2.45, 2.75) is 215 Å². The lowest BCUT2D eigenvalue weighted by Crippen LogP contribution is -2.33. The maximum absolute atomic E-state index is 13.6. The molecule has 14 unspecified atom stereocenters. The fraction of sp³-hybridized carbons (Fsp3) is 0.569. The molecule has 10 aromatic rings. The first-order chi connectivity index (χ1) is 69.2. The first-order valence-corrected chi connectivity index (χ1v) is 62.2. The van der Waals surface area contributed by atoms with Crippen LogP contribution < -0.4 is 73.5 Å². The van der Waals surface area contributed by atoms with Gasteiger partial charge in [-0.25, -0.2) is 44.1 Å². The minimum absolute atomic E-state index is 0.00328. The molecule has 17 rings (SSSR count). The van der Waals surface area contributed by atoms with Gasteiger partial charge in [-0.05, 0) is 117 Å². The lowest BCUT2D eigenvalue weighted by Gasteiger charge is -2.29. The van der Waals surface area contributed by atoms with Gasteiger partial charge in [0.15, 0.2) is 33.8 Å². The van der Waals surface area contributed by atoms with Crippen LogP contribution in [0, 0.1) is 27.7 Å². The summed E-state index contributed by atoms with van der Waals surface area (Å²) in [7, 11) is 1.11. The molecular formula is C72H95N24O37P7S7. The second kappa shape index (κ2) is 44.3. The fourth-order valence-electron chi connectivity index (χ4n) is 17.1. The summed E-state index contributed by atoms with van der Waals surface area (Å²) in [5.41, 5.74) is 17.2. The third-order valence-corrected chi connectivity index (χ3v) is 35.5. The highest BCUT2D eigenvalue weighted by atomic mass is 32.5. The van der Waals surface area contributed by atoms with E-state index in [1.807, 2.05) is 6.92 Å². The number of anilines is 4. The topological polar surface area (TPSA) is 810 Å². The third-order valence-electron chi connectivity index (χ3n) is 24.3. The van der Waals surface area contributed by atoms with Gasteiger partial charge in [0.05, 0.1) is 107 Å². The monoisotopic (exact) mass is 2330 g/mol. The summed E-state index contributed by atoms with van der Waals surface area (Å²) in [5.74, 6) is -0.564. The van der Waals surface area contributed by atoms with Crippen molar-refractivity contribution in [1.29, 1.82) is 0 Å². The quantitative estimate of drug-likeness (QED) is 0.0223. The number of nitrogens with one attached hydrogen (secondary N) is 5. The smallest absolute Gasteiger partial charge is 0.351 e. The van der Waals surface area contributed by atoms with Gasteiger partial charge < -0.3 is 154 Å². The number of aromatic amines is 5. The number of imidazole rings is 3. The molecular weight excluding hydrogens is 2230 g/mol. The number of rotatable bonds is 41. The summed E-state index contributed by atoms with van der Waals surface area (Å²) in [6, 6.07) is 0. The SMILES string of the molecule is CC[C@H]1O[C@@H](n2cnc3c(N)ncnc32)CC1OP(O)(=S)OC[C@H]1O[C@@H](n2cc(C)c(=O)[nH]c2=O)CC1OP(O)(=S)OC[C@H]1O[C@@H](n2cc(C)c(N)nc2=O)CC1OP(O)(=S)OC[C@H]1O[C@@H](n2cc(C)c(=O)[nH]c2=O)CC1OP(O)(=S)OC[C@H]1O[C@@H](n2cc(C)c(=O)[nH]c2=O)CC1OP(O)(=S)OC[C@H]1O[C@@H](n2cnc3c(=O)[nH]c(N)nc32)CC1OP(O)(=S)OC[C@H]1O[C@@H](n2cnc3c(=O)[nH]c(N)nc32)CC1OP(O)(=S)OC. The summed E-state index contributed by atoms with van der Waals surface area (Å²) >= 11 is 38.9. The number of nitrogens with zero attached hydrogens (tertiary/aromatic N) is 15. The fourth-order valence-corrected chi connectivity index (χ4v) is 27.0. The Labute approximate surface area is 859 Å². The minimum atomic E-state index is -4.81. The lowest BCUT2D eigenvalue weighted by molar-refractivity contribution is -0.0579. The van der Waals surface area contributed by atoms with Crippen LogP contribution in [0.25, 0.3) is 33.5 Å². The molecule has 0 saturated carbocycles. The zero-order valence-electron chi connectivity index (χ0n) is 77.0. The maximum atomic E-state index is 13.6. The van der Waals surface area contributed by atoms with Crippen LogP contribution in [0.5, 0.6) is 0 Å². The van der Waals surface area contributed by atoms with Crippen molar-refractivity contribution < 1.29 is 131 Å². The van der Waals surface area contributed by atoms with Crippen LogP contribution in [0.4, 0.5) is 23.5 Å². The molecule has 802 valence electrons. The molecule has 7 fully saturated rings. The molecule has 7 saturated heterocycles. The van der Waals surface area contributed by atoms with Crippen LogP contribution in [0.3, 0.4) is 0 Å². The van der Waals surface area contributed by atoms with Gasteiger partial charge in [-0.3, -0.25) is 80.9 Å². The summed E-state index contributed by atoms with van der Waals surface area (Å²) in [5, 5.41) is 0. The molecule has 147 heavy (non-hydrogen) atoms. The molecule has 0 radical (unpaired) electrons. The van der Waals surface area contributed by atoms with Crippen LogP contribution in [0.15, 0.2) is 93.2 Å². The van der Waals surface area contributed by atoms with E-state index in [1.165, 1.54) is 67.6 Å². The number of aryl methyl sites for hydroxylation is 4. The summed E-state index contributed by atoms with van der Waals surface area (Å²) in [6.07, 6.45) is -18.7. The lowest BCUT2D eigenvalue weighted by atomic mass is 10.1. The maximum Gasteiger partial charge on any atom is 0.351 e. The Morgan fingerprint density at radius 1 is 0.333 bits per heavy atom. The van der Waals surface area contributed by atoms with Crippen molar-refractivity contribution in [2.75, 3.05) is 69.7 Å². The average molecular weight is 2330 g/mol. The number of hydrogen-bond acceptors (Lipinski definition) is 49. The number of fused-ring (bicyclic) bond motifs is 3. The molecule has 75 heteroatoms. The van der Waals surface area contributed by atoms with Crippen LogP contribution in [0.2, 0.25) is 0 Å². The van der Waals surface area contributed by atoms with E-state index in [0.717, 1.165) is 37.8 Å². The zero-order valence-corrected chi connectivity index (χ0v) is 89.0. The van der Waals surface area contributed by atoms with Crippen molar-refractivity contribution >= 4 is 187 Å². The van der Waals surface area contributed by atoms with Crippen LogP contribution in [-0.4, -0.2) is 263 Å². The van der Waals surface area contributed by atoms with E-state index in [4.69, 9.17) is 202 Å². The third kappa shape index (κ3) is 25.7. The number of ether oxygens (including phenoxy) is 7. The van der Waals surface area contributed by atoms with Crippen molar-refractivity contribution in [3.63, 3.8) is 0 Å². The van der Waals surface area contributed by atoms with Crippen LogP contribution >= 0.6 is 47.0 Å². The van der Waals surface area contributed by atoms with E-state index in [9.17, 15) is 77.4 Å². The van der Waals surface area contributed by atoms with Gasteiger partial charge >= 0.3 is 69.8 Å². The molecule has 0 bridgehead atoms. The van der Waals surface area contributed by atoms with Gasteiger partial charge in [-0.2, -0.15) is 15.0 Å². The predicted octanol–water partition coefficient (Wildman–Crippen LogP) is -0.0548. The molecule has 0 aliphatic carbocycles. The standard InChI is InChI=1S/C72H95N24O37P7S7/c1-7-33-34(8-51(120-33)94-26-79-54-58(74)77-25-78-59(54)94)128-135(107,142)114-20-43-37(10-48(122-43)91-16-30(3)62(97)87-70(91)103)130-137(109,144)116-21-42-36(9-47(121-42)90-15-29(2)57(73)82-69(90)102)129-136(108,143)117-22-44-38(11-49(123-44)92-17-31(4)63(98)88-71(92)104)131-138(110,145)118-23-45-39(12-50(124-45)93-18-32(5)64(99)89-72(93)105)132-139(111,146)119-24-46-40(14-53(126-46)96-28-81-56-61(96)84-68(76)86-66(56)101)133-140(112,147)115-19-41-35(127-134(106,141)113-6)13-52(125-41)95-27-80-55-60(95)83-67(75)85-65(55)100/h15-18,25-28,33-53H,7-14,19-24H2,1-6H3,(H,106,141)(H,107,142)(H,108,143)(H,109,144)(H,110,145)(H,111,146)(H,112,147)(H2,73,82,102)(H2,74,77,78)(H,87,97,103)(H,88,98,104)(H,89,99,105)(H3,75,83,85,100)(H3,76,84,86,101)/t33-,34?,35?,36?,37?,38?,39?,40?,41-,42-,43-,44-,45-,46-,47-,48-,49-,50-,51-,52-,53-,134?,135?,136?,137?,138?,139?,140?/m1/s1. The van der Waals surface area contributed by atoms with Gasteiger partial charge in [0.2, 0.25) is 11.9 Å². The normalized spacial score (nSPS) is 29.4. The van der Waals surface area contributed by atoms with E-state index in [1.54, 1.807) is 11.5 Å². The van der Waals surface area contributed by atoms with Crippen LogP contribution in [0.1, 0.15) is 124 Å². The molecule has 28 atom stereocenters.